The first-order valence-corrected chi connectivity index (χ1v) is 9.96. The maximum Gasteiger partial charge on any atom is 0.263 e. The number of nitrogens with one attached hydrogen (secondary N) is 2. The first-order valence-electron chi connectivity index (χ1n) is 8.10. The Morgan fingerprint density at radius 3 is 2.78 bits per heavy atom. The van der Waals surface area contributed by atoms with Gasteiger partial charge in [0.1, 0.15) is 4.90 Å². The SMILES string of the molecule is Cc1ccnn1-c1cccc(NS(=O)(=O)c2cc3c(cc2Cl)NC(=O)C3)c1. The van der Waals surface area contributed by atoms with Crippen LogP contribution in [0.5, 0.6) is 0 Å². The van der Waals surface area contributed by atoms with Gasteiger partial charge < -0.3 is 5.32 Å². The summed E-state index contributed by atoms with van der Waals surface area (Å²) >= 11 is 6.16. The smallest absolute Gasteiger partial charge is 0.263 e. The molecule has 9 heteroatoms. The average Bonchev–Trinajstić information content (AvgIpc) is 3.18. The molecule has 138 valence electrons. The molecule has 0 saturated heterocycles. The summed E-state index contributed by atoms with van der Waals surface area (Å²) in [5.74, 6) is -0.189. The molecule has 4 rings (SSSR count). The molecule has 1 aliphatic rings. The fraction of sp³-hybridized carbons (Fsp3) is 0.111. The third-order valence-electron chi connectivity index (χ3n) is 4.25. The number of anilines is 2. The van der Waals surface area contributed by atoms with Crippen molar-refractivity contribution in [1.29, 1.82) is 0 Å². The van der Waals surface area contributed by atoms with E-state index in [1.807, 2.05) is 19.1 Å². The van der Waals surface area contributed by atoms with E-state index in [9.17, 15) is 13.2 Å². The Balaban J connectivity index is 1.68. The molecule has 0 aliphatic carbocycles. The minimum atomic E-state index is -3.93. The van der Waals surface area contributed by atoms with Crippen LogP contribution in [0.1, 0.15) is 11.3 Å². The lowest BCUT2D eigenvalue weighted by molar-refractivity contribution is -0.115. The highest BCUT2D eigenvalue weighted by atomic mass is 35.5. The number of halogens is 1. The monoisotopic (exact) mass is 402 g/mol. The van der Waals surface area contributed by atoms with Crippen molar-refractivity contribution >= 4 is 38.9 Å². The van der Waals surface area contributed by atoms with E-state index >= 15 is 0 Å². The lowest BCUT2D eigenvalue weighted by atomic mass is 10.2. The maximum atomic E-state index is 12.8. The zero-order valence-electron chi connectivity index (χ0n) is 14.2. The number of aromatic nitrogens is 2. The van der Waals surface area contributed by atoms with E-state index in [0.717, 1.165) is 11.4 Å². The van der Waals surface area contributed by atoms with Crippen molar-refractivity contribution in [2.45, 2.75) is 18.2 Å². The van der Waals surface area contributed by atoms with Crippen LogP contribution in [0.2, 0.25) is 5.02 Å². The van der Waals surface area contributed by atoms with Gasteiger partial charge >= 0.3 is 0 Å². The van der Waals surface area contributed by atoms with Crippen LogP contribution in [0.4, 0.5) is 11.4 Å². The van der Waals surface area contributed by atoms with E-state index in [0.29, 0.717) is 16.9 Å². The molecule has 0 bridgehead atoms. The highest BCUT2D eigenvalue weighted by Gasteiger charge is 2.25. The van der Waals surface area contributed by atoms with Crippen LogP contribution in [-0.4, -0.2) is 24.1 Å². The van der Waals surface area contributed by atoms with Gasteiger partial charge in [0.2, 0.25) is 5.91 Å². The highest BCUT2D eigenvalue weighted by Crippen LogP contribution is 2.33. The molecule has 0 radical (unpaired) electrons. The predicted molar refractivity (Wildman–Crippen MR) is 103 cm³/mol. The molecule has 0 spiro atoms. The summed E-state index contributed by atoms with van der Waals surface area (Å²) in [7, 11) is -3.93. The molecular weight excluding hydrogens is 388 g/mol. The van der Waals surface area contributed by atoms with E-state index in [2.05, 4.69) is 15.1 Å². The van der Waals surface area contributed by atoms with Crippen LogP contribution >= 0.6 is 11.6 Å². The molecule has 0 atom stereocenters. The summed E-state index contributed by atoms with van der Waals surface area (Å²) in [6, 6.07) is 11.6. The Kier molecular flexibility index (Phi) is 4.16. The number of rotatable bonds is 4. The van der Waals surface area contributed by atoms with Crippen LogP contribution in [0.15, 0.2) is 53.6 Å². The highest BCUT2D eigenvalue weighted by molar-refractivity contribution is 7.92. The van der Waals surface area contributed by atoms with Crippen molar-refractivity contribution in [3.05, 3.63) is 64.9 Å². The summed E-state index contributed by atoms with van der Waals surface area (Å²) in [5, 5.41) is 6.91. The molecule has 1 aromatic heterocycles. The Bertz CT molecular complexity index is 1170. The predicted octanol–water partition coefficient (Wildman–Crippen LogP) is 3.13. The summed E-state index contributed by atoms with van der Waals surface area (Å²) in [6.45, 7) is 1.91. The quantitative estimate of drug-likeness (QED) is 0.701. The first kappa shape index (κ1) is 17.6. The molecule has 1 amide bonds. The van der Waals surface area contributed by atoms with Crippen molar-refractivity contribution in [3.63, 3.8) is 0 Å². The number of amides is 1. The van der Waals surface area contributed by atoms with Crippen LogP contribution < -0.4 is 10.0 Å². The van der Waals surface area contributed by atoms with Gasteiger partial charge in [-0.25, -0.2) is 13.1 Å². The van der Waals surface area contributed by atoms with Crippen LogP contribution in [0.3, 0.4) is 0 Å². The number of nitrogens with zero attached hydrogens (tertiary/aromatic N) is 2. The molecule has 1 aliphatic heterocycles. The van der Waals surface area contributed by atoms with E-state index < -0.39 is 10.0 Å². The number of carbonyl (C=O) groups is 1. The van der Waals surface area contributed by atoms with E-state index in [-0.39, 0.29) is 22.2 Å². The number of sulfonamides is 1. The van der Waals surface area contributed by atoms with Crippen molar-refractivity contribution in [2.24, 2.45) is 0 Å². The summed E-state index contributed by atoms with van der Waals surface area (Å²) in [6.07, 6.45) is 1.80. The van der Waals surface area contributed by atoms with Crippen LogP contribution in [-0.2, 0) is 21.2 Å². The fourth-order valence-corrected chi connectivity index (χ4v) is 4.61. The zero-order valence-corrected chi connectivity index (χ0v) is 15.8. The number of aryl methyl sites for hydroxylation is 1. The van der Waals surface area contributed by atoms with Gasteiger partial charge in [0.15, 0.2) is 0 Å². The summed E-state index contributed by atoms with van der Waals surface area (Å²) in [5.41, 5.74) is 3.18. The number of benzene rings is 2. The molecule has 2 heterocycles. The molecule has 0 saturated carbocycles. The maximum absolute atomic E-state index is 12.8. The molecule has 2 N–H and O–H groups in total. The molecule has 3 aromatic rings. The van der Waals surface area contributed by atoms with Gasteiger partial charge in [-0.1, -0.05) is 17.7 Å². The number of fused-ring (bicyclic) bond motifs is 1. The molecule has 27 heavy (non-hydrogen) atoms. The van der Waals surface area contributed by atoms with Crippen molar-refractivity contribution in [1.82, 2.24) is 9.78 Å². The second-order valence-corrected chi connectivity index (χ2v) is 8.26. The standard InChI is InChI=1S/C18H15ClN4O3S/c1-11-5-6-20-23(11)14-4-2-3-13(9-14)22-27(25,26)17-7-12-8-18(24)21-16(12)10-15(17)19/h2-7,9-10,22H,8H2,1H3,(H,21,24). The van der Waals surface area contributed by atoms with E-state index in [1.54, 1.807) is 29.1 Å². The lowest BCUT2D eigenvalue weighted by Gasteiger charge is -2.12. The third-order valence-corrected chi connectivity index (χ3v) is 6.09. The number of hydrogen-bond acceptors (Lipinski definition) is 4. The summed E-state index contributed by atoms with van der Waals surface area (Å²) in [4.78, 5) is 11.4. The number of carbonyl (C=O) groups excluding carboxylic acids is 1. The molecule has 0 fully saturated rings. The second kappa shape index (κ2) is 6.40. The van der Waals surface area contributed by atoms with Crippen molar-refractivity contribution < 1.29 is 13.2 Å². The van der Waals surface area contributed by atoms with Crippen LogP contribution in [0.25, 0.3) is 5.69 Å². The van der Waals surface area contributed by atoms with Gasteiger partial charge in [-0.15, -0.1) is 0 Å². The fourth-order valence-electron chi connectivity index (χ4n) is 2.98. The average molecular weight is 403 g/mol. The van der Waals surface area contributed by atoms with Gasteiger partial charge in [-0.2, -0.15) is 5.10 Å². The normalized spacial score (nSPS) is 13.3. The Labute approximate surface area is 161 Å². The second-order valence-electron chi connectivity index (χ2n) is 6.20. The van der Waals surface area contributed by atoms with Crippen LogP contribution in [0, 0.1) is 6.92 Å². The Morgan fingerprint density at radius 2 is 2.04 bits per heavy atom. The van der Waals surface area contributed by atoms with Crippen molar-refractivity contribution in [3.8, 4) is 5.69 Å². The summed E-state index contributed by atoms with van der Waals surface area (Å²) < 4.78 is 29.9. The Hall–Kier alpha value is -2.84. The van der Waals surface area contributed by atoms with Gasteiger partial charge in [-0.3, -0.25) is 9.52 Å². The van der Waals surface area contributed by atoms with Gasteiger partial charge in [0, 0.05) is 17.6 Å². The van der Waals surface area contributed by atoms with Gasteiger partial charge in [0.25, 0.3) is 10.0 Å². The van der Waals surface area contributed by atoms with E-state index in [1.165, 1.54) is 12.1 Å². The molecular formula is C18H15ClN4O3S. The van der Waals surface area contributed by atoms with E-state index in [4.69, 9.17) is 11.6 Å². The largest absolute Gasteiger partial charge is 0.325 e. The lowest BCUT2D eigenvalue weighted by Crippen LogP contribution is -2.14. The topological polar surface area (TPSA) is 93.1 Å². The van der Waals surface area contributed by atoms with Gasteiger partial charge in [0.05, 0.1) is 22.8 Å². The minimum Gasteiger partial charge on any atom is -0.325 e. The third kappa shape index (κ3) is 3.29. The first-order chi connectivity index (χ1) is 12.8. The molecule has 2 aromatic carbocycles. The van der Waals surface area contributed by atoms with Crippen molar-refractivity contribution in [2.75, 3.05) is 10.0 Å². The minimum absolute atomic E-state index is 0.0440. The van der Waals surface area contributed by atoms with Gasteiger partial charge in [-0.05, 0) is 48.9 Å². The Morgan fingerprint density at radius 1 is 1.22 bits per heavy atom. The molecule has 7 nitrogen and oxygen atoms in total. The zero-order chi connectivity index (χ0) is 19.2. The molecule has 0 unspecified atom stereocenters. The number of hydrogen-bond donors (Lipinski definition) is 2.